The number of phenols is 1. The summed E-state index contributed by atoms with van der Waals surface area (Å²) in [5.74, 6) is 0.365. The predicted octanol–water partition coefficient (Wildman–Crippen LogP) is 1.19. The Hall–Kier alpha value is -1.55. The molecule has 1 aromatic rings. The molecule has 0 spiro atoms. The lowest BCUT2D eigenvalue weighted by Crippen LogP contribution is -2.44. The topological polar surface area (TPSA) is 61.4 Å². The first-order valence-electron chi connectivity index (χ1n) is 6.47. The Kier molecular flexibility index (Phi) is 4.20. The number of hydrogen-bond acceptors (Lipinski definition) is 3. The molecule has 98 valence electrons. The van der Waals surface area contributed by atoms with E-state index < -0.39 is 0 Å². The maximum atomic E-state index is 11.9. The van der Waals surface area contributed by atoms with Gasteiger partial charge >= 0.3 is 0 Å². The van der Waals surface area contributed by atoms with Crippen molar-refractivity contribution in [3.05, 3.63) is 29.8 Å². The molecule has 1 saturated heterocycles. The van der Waals surface area contributed by atoms with Gasteiger partial charge in [-0.25, -0.2) is 0 Å². The summed E-state index contributed by atoms with van der Waals surface area (Å²) in [6, 6.07) is 7.18. The third-order valence-electron chi connectivity index (χ3n) is 3.24. The van der Waals surface area contributed by atoms with Gasteiger partial charge < -0.3 is 15.7 Å². The van der Waals surface area contributed by atoms with E-state index in [1.54, 1.807) is 12.1 Å². The van der Waals surface area contributed by atoms with Crippen molar-refractivity contribution in [3.63, 3.8) is 0 Å². The zero-order valence-electron chi connectivity index (χ0n) is 10.6. The zero-order chi connectivity index (χ0) is 13.0. The Morgan fingerprint density at radius 1 is 1.50 bits per heavy atom. The largest absolute Gasteiger partial charge is 0.508 e. The van der Waals surface area contributed by atoms with Gasteiger partial charge in [-0.1, -0.05) is 12.1 Å². The molecular weight excluding hydrogens is 228 g/mol. The number of aromatic hydroxyl groups is 1. The number of carbonyl (C=O) groups excluding carboxylic acids is 1. The van der Waals surface area contributed by atoms with Gasteiger partial charge in [-0.2, -0.15) is 0 Å². The van der Waals surface area contributed by atoms with Crippen LogP contribution in [0.25, 0.3) is 0 Å². The summed E-state index contributed by atoms with van der Waals surface area (Å²) in [5, 5.41) is 15.4. The summed E-state index contributed by atoms with van der Waals surface area (Å²) in [7, 11) is 0. The number of phenolic OH excluding ortho intramolecular Hbond substituents is 1. The van der Waals surface area contributed by atoms with E-state index in [0.717, 1.165) is 31.4 Å². The molecule has 0 aliphatic carbocycles. The van der Waals surface area contributed by atoms with Gasteiger partial charge in [0.1, 0.15) is 5.75 Å². The summed E-state index contributed by atoms with van der Waals surface area (Å²) in [6.45, 7) is 2.93. The number of carbonyl (C=O) groups is 1. The second kappa shape index (κ2) is 5.87. The fourth-order valence-electron chi connectivity index (χ4n) is 2.29. The number of amides is 1. The van der Waals surface area contributed by atoms with Crippen molar-refractivity contribution >= 4 is 5.91 Å². The normalized spacial score (nSPS) is 20.6. The molecule has 4 heteroatoms. The fourth-order valence-corrected chi connectivity index (χ4v) is 2.29. The van der Waals surface area contributed by atoms with Crippen LogP contribution in [0, 0.1) is 0 Å². The highest BCUT2D eigenvalue weighted by atomic mass is 16.3. The third kappa shape index (κ3) is 3.47. The summed E-state index contributed by atoms with van der Waals surface area (Å²) in [6.07, 6.45) is 2.78. The first-order valence-corrected chi connectivity index (χ1v) is 6.47. The minimum Gasteiger partial charge on any atom is -0.508 e. The van der Waals surface area contributed by atoms with Gasteiger partial charge in [0.25, 0.3) is 0 Å². The Balaban J connectivity index is 1.82. The van der Waals surface area contributed by atoms with Crippen LogP contribution in [0.2, 0.25) is 0 Å². The van der Waals surface area contributed by atoms with Crippen LogP contribution in [0.5, 0.6) is 5.75 Å². The van der Waals surface area contributed by atoms with Crippen molar-refractivity contribution in [3.8, 4) is 5.75 Å². The van der Waals surface area contributed by atoms with Crippen LogP contribution in [-0.4, -0.2) is 29.6 Å². The van der Waals surface area contributed by atoms with Crippen molar-refractivity contribution in [2.45, 2.75) is 38.3 Å². The summed E-state index contributed by atoms with van der Waals surface area (Å²) in [5.41, 5.74) is 1.11. The fraction of sp³-hybridized carbons (Fsp3) is 0.500. The second-order valence-electron chi connectivity index (χ2n) is 4.93. The summed E-state index contributed by atoms with van der Waals surface area (Å²) >= 11 is 0. The molecule has 1 aliphatic heterocycles. The Morgan fingerprint density at radius 2 is 2.22 bits per heavy atom. The Bertz CT molecular complexity index is 397. The number of hydrogen-bond donors (Lipinski definition) is 3. The standard InChI is InChI=1S/C14H20N2O2/c1-10(9-11-4-6-12(17)7-5-11)16-14(18)13-3-2-8-15-13/h4-7,10,13,15,17H,2-3,8-9H2,1H3,(H,16,18)/t10?,13-/m0/s1. The van der Waals surface area contributed by atoms with Crippen molar-refractivity contribution < 1.29 is 9.90 Å². The van der Waals surface area contributed by atoms with Crippen LogP contribution < -0.4 is 10.6 Å². The molecule has 0 saturated carbocycles. The predicted molar refractivity (Wildman–Crippen MR) is 70.4 cm³/mol. The zero-order valence-corrected chi connectivity index (χ0v) is 10.6. The van der Waals surface area contributed by atoms with Crippen LogP contribution in [0.1, 0.15) is 25.3 Å². The van der Waals surface area contributed by atoms with Crippen molar-refractivity contribution in [2.24, 2.45) is 0 Å². The molecule has 0 radical (unpaired) electrons. The van der Waals surface area contributed by atoms with Crippen LogP contribution >= 0.6 is 0 Å². The van der Waals surface area contributed by atoms with Crippen molar-refractivity contribution in [1.82, 2.24) is 10.6 Å². The molecule has 2 rings (SSSR count). The minimum absolute atomic E-state index is 0.0210. The monoisotopic (exact) mass is 248 g/mol. The summed E-state index contributed by atoms with van der Waals surface area (Å²) < 4.78 is 0. The van der Waals surface area contributed by atoms with Crippen LogP contribution in [-0.2, 0) is 11.2 Å². The van der Waals surface area contributed by atoms with Crippen LogP contribution in [0.15, 0.2) is 24.3 Å². The number of nitrogens with one attached hydrogen (secondary N) is 2. The molecule has 1 fully saturated rings. The van der Waals surface area contributed by atoms with E-state index in [0.29, 0.717) is 0 Å². The molecule has 1 aliphatic rings. The van der Waals surface area contributed by atoms with E-state index in [2.05, 4.69) is 10.6 Å². The molecule has 2 atom stereocenters. The third-order valence-corrected chi connectivity index (χ3v) is 3.24. The first-order chi connectivity index (χ1) is 8.65. The van der Waals surface area contributed by atoms with E-state index in [4.69, 9.17) is 0 Å². The average molecular weight is 248 g/mol. The highest BCUT2D eigenvalue weighted by molar-refractivity contribution is 5.82. The molecule has 0 aromatic heterocycles. The maximum Gasteiger partial charge on any atom is 0.237 e. The van der Waals surface area contributed by atoms with E-state index in [9.17, 15) is 9.90 Å². The minimum atomic E-state index is -0.0210. The van der Waals surface area contributed by atoms with Crippen molar-refractivity contribution in [2.75, 3.05) is 6.54 Å². The molecule has 3 N–H and O–H groups in total. The summed E-state index contributed by atoms with van der Waals surface area (Å²) in [4.78, 5) is 11.9. The van der Waals surface area contributed by atoms with Gasteiger partial charge in [0.2, 0.25) is 5.91 Å². The van der Waals surface area contributed by atoms with Gasteiger partial charge in [0, 0.05) is 6.04 Å². The van der Waals surface area contributed by atoms with E-state index in [1.807, 2.05) is 19.1 Å². The van der Waals surface area contributed by atoms with Gasteiger partial charge in [0.05, 0.1) is 6.04 Å². The Morgan fingerprint density at radius 3 is 2.83 bits per heavy atom. The van der Waals surface area contributed by atoms with E-state index in [1.165, 1.54) is 0 Å². The SMILES string of the molecule is CC(Cc1ccc(O)cc1)NC(=O)[C@@H]1CCCN1. The molecule has 1 unspecified atom stereocenters. The lowest BCUT2D eigenvalue weighted by Gasteiger charge is -2.17. The van der Waals surface area contributed by atoms with E-state index in [-0.39, 0.29) is 23.7 Å². The molecular formula is C14H20N2O2. The van der Waals surface area contributed by atoms with Gasteiger partial charge in [-0.05, 0) is 50.4 Å². The molecule has 18 heavy (non-hydrogen) atoms. The second-order valence-corrected chi connectivity index (χ2v) is 4.93. The molecule has 0 bridgehead atoms. The number of benzene rings is 1. The molecule has 4 nitrogen and oxygen atoms in total. The molecule has 1 aromatic carbocycles. The van der Waals surface area contributed by atoms with Crippen LogP contribution in [0.3, 0.4) is 0 Å². The Labute approximate surface area is 107 Å². The lowest BCUT2D eigenvalue weighted by molar-refractivity contribution is -0.123. The maximum absolute atomic E-state index is 11.9. The van der Waals surface area contributed by atoms with Gasteiger partial charge in [-0.15, -0.1) is 0 Å². The first kappa shape index (κ1) is 12.9. The molecule has 1 heterocycles. The van der Waals surface area contributed by atoms with Crippen molar-refractivity contribution in [1.29, 1.82) is 0 Å². The number of rotatable bonds is 4. The average Bonchev–Trinajstić information content (AvgIpc) is 2.85. The molecule has 1 amide bonds. The van der Waals surface area contributed by atoms with Gasteiger partial charge in [0.15, 0.2) is 0 Å². The van der Waals surface area contributed by atoms with Gasteiger partial charge in [-0.3, -0.25) is 4.79 Å². The highest BCUT2D eigenvalue weighted by Crippen LogP contribution is 2.11. The quantitative estimate of drug-likeness (QED) is 0.750. The van der Waals surface area contributed by atoms with Crippen LogP contribution in [0.4, 0.5) is 0 Å². The lowest BCUT2D eigenvalue weighted by atomic mass is 10.1. The highest BCUT2D eigenvalue weighted by Gasteiger charge is 2.22. The smallest absolute Gasteiger partial charge is 0.237 e. The van der Waals surface area contributed by atoms with E-state index >= 15 is 0 Å².